The van der Waals surface area contributed by atoms with Crippen molar-refractivity contribution in [2.75, 3.05) is 6.61 Å². The molecule has 1 saturated heterocycles. The van der Waals surface area contributed by atoms with Crippen molar-refractivity contribution in [1.29, 1.82) is 0 Å². The highest BCUT2D eigenvalue weighted by Crippen LogP contribution is 2.14. The van der Waals surface area contributed by atoms with E-state index in [0.717, 1.165) is 16.8 Å². The van der Waals surface area contributed by atoms with Crippen LogP contribution in [-0.4, -0.2) is 16.8 Å². The summed E-state index contributed by atoms with van der Waals surface area (Å²) in [5.74, 6) is 0. The molecule has 1 aliphatic heterocycles. The third-order valence-corrected chi connectivity index (χ3v) is 2.06. The second kappa shape index (κ2) is 2.48. The van der Waals surface area contributed by atoms with Crippen molar-refractivity contribution in [3.63, 3.8) is 0 Å². The van der Waals surface area contributed by atoms with E-state index in [0.29, 0.717) is 0 Å². The van der Waals surface area contributed by atoms with E-state index in [1.165, 1.54) is 25.0 Å². The molecule has 0 aromatic carbocycles. The Balaban J connectivity index is 2.12. The lowest BCUT2D eigenvalue weighted by molar-refractivity contribution is 0.136. The molecule has 0 spiro atoms. The van der Waals surface area contributed by atoms with E-state index >= 15 is 0 Å². The molecule has 0 aromatic rings. The van der Waals surface area contributed by atoms with Gasteiger partial charge in [0.2, 0.25) is 0 Å². The molecule has 1 heterocycles. The fraction of sp³-hybridized carbons (Fsp3) is 0.800. The summed E-state index contributed by atoms with van der Waals surface area (Å²) >= 11 is 0. The Kier molecular flexibility index (Phi) is 1.88. The Morgan fingerprint density at radius 3 is 2.57 bits per heavy atom. The fourth-order valence-corrected chi connectivity index (χ4v) is 1.35. The van der Waals surface area contributed by atoms with Crippen LogP contribution in [0.3, 0.4) is 0 Å². The standard InChI is InChI=1S/C5H11OSi/c7-5-3-1-2-4-6-5/h1-4H2,7H3. The molecular weight excluding hydrogens is 104 g/mol. The van der Waals surface area contributed by atoms with Crippen LogP contribution in [0.4, 0.5) is 0 Å². The molecule has 1 aliphatic rings. The first kappa shape index (κ1) is 5.32. The van der Waals surface area contributed by atoms with Gasteiger partial charge in [-0.2, -0.15) is 0 Å². The summed E-state index contributed by atoms with van der Waals surface area (Å²) in [5.41, 5.74) is 1.35. The maximum atomic E-state index is 5.26. The predicted octanol–water partition coefficient (Wildman–Crippen LogP) is 0.0418. The lowest BCUT2D eigenvalue weighted by atomic mass is 10.2. The normalized spacial score (nSPS) is 25.7. The molecule has 7 heavy (non-hydrogen) atoms. The maximum Gasteiger partial charge on any atom is 0.0727 e. The predicted molar refractivity (Wildman–Crippen MR) is 33.0 cm³/mol. The molecule has 1 nitrogen and oxygen atoms in total. The summed E-state index contributed by atoms with van der Waals surface area (Å²) < 4.78 is 5.26. The zero-order valence-corrected chi connectivity index (χ0v) is 6.74. The zero-order chi connectivity index (χ0) is 5.11. The number of ether oxygens (including phenoxy) is 1. The molecule has 2 heteroatoms. The van der Waals surface area contributed by atoms with Gasteiger partial charge in [-0.15, -0.1) is 0 Å². The van der Waals surface area contributed by atoms with Gasteiger partial charge < -0.3 is 4.74 Å². The van der Waals surface area contributed by atoms with Crippen LogP contribution in [0.25, 0.3) is 0 Å². The molecule has 0 amide bonds. The Hall–Kier alpha value is 0.177. The average Bonchev–Trinajstić information content (AvgIpc) is 1.69. The van der Waals surface area contributed by atoms with Crippen molar-refractivity contribution < 1.29 is 4.74 Å². The van der Waals surface area contributed by atoms with Gasteiger partial charge in [-0.3, -0.25) is 0 Å². The Morgan fingerprint density at radius 2 is 2.29 bits per heavy atom. The monoisotopic (exact) mass is 115 g/mol. The van der Waals surface area contributed by atoms with Crippen LogP contribution in [0, 0.1) is 5.73 Å². The van der Waals surface area contributed by atoms with Crippen molar-refractivity contribution in [3.8, 4) is 0 Å². The first-order valence-corrected chi connectivity index (χ1v) is 3.85. The number of rotatable bonds is 0. The van der Waals surface area contributed by atoms with Gasteiger partial charge in [0, 0.05) is 16.8 Å². The molecular formula is C5H11OSi. The van der Waals surface area contributed by atoms with E-state index in [1.54, 1.807) is 0 Å². The van der Waals surface area contributed by atoms with Crippen LogP contribution in [0.5, 0.6) is 0 Å². The quantitative estimate of drug-likeness (QED) is 0.405. The van der Waals surface area contributed by atoms with Gasteiger partial charge in [0.05, 0.1) is 5.73 Å². The van der Waals surface area contributed by atoms with Gasteiger partial charge in [-0.1, -0.05) is 0 Å². The van der Waals surface area contributed by atoms with Crippen molar-refractivity contribution in [3.05, 3.63) is 5.73 Å². The topological polar surface area (TPSA) is 9.23 Å². The summed E-state index contributed by atoms with van der Waals surface area (Å²) in [6.07, 6.45) is 3.87. The van der Waals surface area contributed by atoms with Crippen LogP contribution in [0.2, 0.25) is 0 Å². The summed E-state index contributed by atoms with van der Waals surface area (Å²) in [6, 6.07) is 0. The lowest BCUT2D eigenvalue weighted by Gasteiger charge is -2.16. The largest absolute Gasteiger partial charge is 0.377 e. The van der Waals surface area contributed by atoms with E-state index in [2.05, 4.69) is 0 Å². The van der Waals surface area contributed by atoms with Gasteiger partial charge in [0.15, 0.2) is 0 Å². The van der Waals surface area contributed by atoms with E-state index < -0.39 is 0 Å². The molecule has 0 saturated carbocycles. The molecule has 1 rings (SSSR count). The average molecular weight is 115 g/mol. The van der Waals surface area contributed by atoms with Gasteiger partial charge in [-0.05, 0) is 19.3 Å². The van der Waals surface area contributed by atoms with Gasteiger partial charge in [-0.25, -0.2) is 0 Å². The van der Waals surface area contributed by atoms with Crippen molar-refractivity contribution in [2.24, 2.45) is 0 Å². The van der Waals surface area contributed by atoms with E-state index in [-0.39, 0.29) is 0 Å². The number of hydrogen-bond acceptors (Lipinski definition) is 1. The minimum atomic E-state index is 0.985. The van der Waals surface area contributed by atoms with Crippen LogP contribution >= 0.6 is 0 Å². The van der Waals surface area contributed by atoms with Crippen molar-refractivity contribution >= 4 is 10.2 Å². The smallest absolute Gasteiger partial charge is 0.0727 e. The Morgan fingerprint density at radius 1 is 1.43 bits per heavy atom. The lowest BCUT2D eigenvalue weighted by Crippen LogP contribution is -2.10. The molecule has 0 aliphatic carbocycles. The fourth-order valence-electron chi connectivity index (χ4n) is 0.795. The molecule has 1 radical (unpaired) electrons. The highest BCUT2D eigenvalue weighted by atomic mass is 28.1. The minimum absolute atomic E-state index is 0.985. The molecule has 0 atom stereocenters. The second-order valence-corrected chi connectivity index (χ2v) is 3.12. The van der Waals surface area contributed by atoms with Crippen molar-refractivity contribution in [2.45, 2.75) is 19.3 Å². The summed E-state index contributed by atoms with van der Waals surface area (Å²) in [7, 11) is 1.15. The SMILES string of the molecule is [SiH3][C]1CCCCO1. The zero-order valence-electron chi connectivity index (χ0n) is 4.74. The van der Waals surface area contributed by atoms with Gasteiger partial charge in [0.25, 0.3) is 0 Å². The second-order valence-electron chi connectivity index (χ2n) is 2.01. The Labute approximate surface area is 47.5 Å². The summed E-state index contributed by atoms with van der Waals surface area (Å²) in [6.45, 7) is 0.985. The molecule has 0 unspecified atom stereocenters. The first-order valence-electron chi connectivity index (χ1n) is 2.85. The molecule has 1 fully saturated rings. The number of hydrogen-bond donors (Lipinski definition) is 0. The third-order valence-electron chi connectivity index (χ3n) is 1.27. The highest BCUT2D eigenvalue weighted by Gasteiger charge is 2.06. The van der Waals surface area contributed by atoms with Crippen LogP contribution in [0.1, 0.15) is 19.3 Å². The van der Waals surface area contributed by atoms with E-state index in [1.807, 2.05) is 0 Å². The van der Waals surface area contributed by atoms with Gasteiger partial charge >= 0.3 is 0 Å². The molecule has 0 bridgehead atoms. The summed E-state index contributed by atoms with van der Waals surface area (Å²) in [5, 5.41) is 0. The van der Waals surface area contributed by atoms with Gasteiger partial charge in [0.1, 0.15) is 0 Å². The van der Waals surface area contributed by atoms with E-state index in [4.69, 9.17) is 4.74 Å². The molecule has 0 N–H and O–H groups in total. The minimum Gasteiger partial charge on any atom is -0.377 e. The summed E-state index contributed by atoms with van der Waals surface area (Å²) in [4.78, 5) is 0. The first-order chi connectivity index (χ1) is 3.39. The highest BCUT2D eigenvalue weighted by molar-refractivity contribution is 6.17. The van der Waals surface area contributed by atoms with Crippen LogP contribution < -0.4 is 0 Å². The molecule has 41 valence electrons. The van der Waals surface area contributed by atoms with E-state index in [9.17, 15) is 0 Å². The van der Waals surface area contributed by atoms with Crippen LogP contribution in [-0.2, 0) is 4.74 Å². The van der Waals surface area contributed by atoms with Crippen molar-refractivity contribution in [1.82, 2.24) is 0 Å². The van der Waals surface area contributed by atoms with Crippen LogP contribution in [0.15, 0.2) is 0 Å². The third kappa shape index (κ3) is 1.61. The molecule has 0 aromatic heterocycles. The Bertz CT molecular complexity index is 50.0. The maximum absolute atomic E-state index is 5.26.